The topological polar surface area (TPSA) is 174 Å². The summed E-state index contributed by atoms with van der Waals surface area (Å²) < 4.78 is 12.0. The Kier molecular flexibility index (Phi) is 16.5. The maximum absolute atomic E-state index is 12.7. The fourth-order valence-electron chi connectivity index (χ4n) is 7.41. The van der Waals surface area contributed by atoms with Crippen molar-refractivity contribution in [3.8, 4) is 11.8 Å². The number of hydrogen-bond donors (Lipinski definition) is 3. The van der Waals surface area contributed by atoms with Crippen molar-refractivity contribution in [2.24, 2.45) is 11.5 Å². The minimum atomic E-state index is -0.819. The van der Waals surface area contributed by atoms with E-state index < -0.39 is 17.9 Å². The van der Waals surface area contributed by atoms with E-state index in [4.69, 9.17) is 20.9 Å². The number of hydrogen-bond acceptors (Lipinski definition) is 10. The van der Waals surface area contributed by atoms with Gasteiger partial charge in [-0.15, -0.1) is 0 Å². The zero-order valence-corrected chi connectivity index (χ0v) is 37.2. The van der Waals surface area contributed by atoms with Crippen molar-refractivity contribution < 1.29 is 59.9 Å². The van der Waals surface area contributed by atoms with Crippen LogP contribution in [0.15, 0.2) is 134 Å². The van der Waals surface area contributed by atoms with Gasteiger partial charge in [-0.1, -0.05) is 78.9 Å². The second-order valence-corrected chi connectivity index (χ2v) is 15.0. The van der Waals surface area contributed by atoms with Gasteiger partial charge in [0.15, 0.2) is 5.78 Å². The fourth-order valence-corrected chi connectivity index (χ4v) is 7.41. The van der Waals surface area contributed by atoms with Crippen molar-refractivity contribution in [1.29, 1.82) is 0 Å². The summed E-state index contributed by atoms with van der Waals surface area (Å²) in [6.07, 6.45) is 4.31. The van der Waals surface area contributed by atoms with Crippen LogP contribution in [-0.2, 0) is 0 Å². The van der Waals surface area contributed by atoms with E-state index in [0.29, 0.717) is 52.7 Å². The largest absolute Gasteiger partial charge is 1.00 e. The van der Waals surface area contributed by atoms with Crippen LogP contribution in [0.4, 0.5) is 11.4 Å². The number of aromatic nitrogens is 2. The van der Waals surface area contributed by atoms with Gasteiger partial charge in [-0.05, 0) is 66.4 Å². The van der Waals surface area contributed by atoms with Gasteiger partial charge in [0.25, 0.3) is 11.8 Å². The summed E-state index contributed by atoms with van der Waals surface area (Å²) in [5.74, 6) is -0.0259. The molecule has 12 nitrogen and oxygen atoms in total. The quantitative estimate of drug-likeness (QED) is 0.123. The van der Waals surface area contributed by atoms with Crippen LogP contribution < -0.4 is 60.3 Å². The van der Waals surface area contributed by atoms with Gasteiger partial charge in [0.2, 0.25) is 11.8 Å². The van der Waals surface area contributed by atoms with E-state index in [1.807, 2.05) is 98.8 Å². The molecule has 0 saturated carbocycles. The molecule has 0 spiro atoms. The van der Waals surface area contributed by atoms with E-state index in [2.05, 4.69) is 19.8 Å². The smallest absolute Gasteiger partial charge is 1.00 e. The Morgan fingerprint density at radius 2 is 1.13 bits per heavy atom. The summed E-state index contributed by atoms with van der Waals surface area (Å²) in [6, 6.07) is 36.5. The first-order valence-electron chi connectivity index (χ1n) is 19.9. The van der Waals surface area contributed by atoms with E-state index in [9.17, 15) is 19.5 Å². The maximum Gasteiger partial charge on any atom is 1.00 e. The molecule has 2 aliphatic rings. The van der Waals surface area contributed by atoms with Gasteiger partial charge < -0.3 is 37.3 Å². The summed E-state index contributed by atoms with van der Waals surface area (Å²) in [4.78, 5) is 49.8. The number of carbonyl (C=O) groups is 3. The predicted molar refractivity (Wildman–Crippen MR) is 238 cm³/mol. The number of carbonyl (C=O) groups excluding carboxylic acids is 3. The number of ether oxygens (including phenoxy) is 2. The molecule has 4 aromatic carbocycles. The number of primary amides is 2. The van der Waals surface area contributed by atoms with Gasteiger partial charge in [-0.3, -0.25) is 14.4 Å². The van der Waals surface area contributed by atoms with Crippen LogP contribution in [0.5, 0.6) is 11.8 Å². The number of ketones is 1. The zero-order valence-electron chi connectivity index (χ0n) is 36.2. The Hall–Kier alpha value is -5.99. The first-order chi connectivity index (χ1) is 29.0. The molecule has 0 bridgehead atoms. The number of pyridine rings is 2. The van der Waals surface area contributed by atoms with E-state index >= 15 is 0 Å². The third-order valence-electron chi connectivity index (χ3n) is 10.6. The van der Waals surface area contributed by atoms with Gasteiger partial charge in [0.05, 0.1) is 24.2 Å². The average molecular weight is 840 g/mol. The molecule has 5 N–H and O–H groups in total. The number of nitrogens with zero attached hydrogens (tertiary/aromatic N) is 4. The van der Waals surface area contributed by atoms with Gasteiger partial charge in [0, 0.05) is 81.4 Å². The average Bonchev–Trinajstić information content (AvgIpc) is 3.95. The molecular formula is C48H49BN6NaO6. The van der Waals surface area contributed by atoms with Crippen molar-refractivity contribution in [3.05, 3.63) is 178 Å². The molecule has 0 aliphatic carbocycles. The molecule has 6 aromatic rings. The second kappa shape index (κ2) is 21.7. The molecule has 2 aromatic heterocycles. The number of aryl methyl sites for hydroxylation is 2. The molecule has 14 heteroatoms. The summed E-state index contributed by atoms with van der Waals surface area (Å²) in [6.45, 7) is 6.68. The molecular weight excluding hydrogens is 790 g/mol. The normalized spacial score (nSPS) is 15.9. The van der Waals surface area contributed by atoms with Crippen LogP contribution in [0.3, 0.4) is 0 Å². The Balaban J connectivity index is 0.000000264. The molecule has 8 rings (SSSR count). The molecule has 2 saturated heterocycles. The van der Waals surface area contributed by atoms with Gasteiger partial charge in [0.1, 0.15) is 18.3 Å². The number of amides is 2. The first-order valence-corrected chi connectivity index (χ1v) is 19.9. The zero-order chi connectivity index (χ0) is 42.2. The van der Waals surface area contributed by atoms with Crippen LogP contribution in [0.1, 0.15) is 79.3 Å². The van der Waals surface area contributed by atoms with Gasteiger partial charge >= 0.3 is 29.6 Å². The summed E-state index contributed by atoms with van der Waals surface area (Å²) >= 11 is 0. The number of aliphatic hydroxyl groups excluding tert-OH is 1. The van der Waals surface area contributed by atoms with E-state index in [1.54, 1.807) is 48.8 Å². The molecule has 1 unspecified atom stereocenters. The molecule has 3 atom stereocenters. The standard InChI is InChI=1S/C24H25N3O3.C24H23N3O3.B.Na.H/c2*1-16-7-10-22(26-14-16)30-19-11-12-27(15-19)21-9-8-18(13-20(21)24(25)29)23(28)17-5-3-2-4-6-17;;;/h2-10,13-14,19,23,28H,11-12,15H2,1H3,(H2,25,29);2-10,13-14,19H,11-12,15H2,1H3,(H2,25,29);;;/q;;;+1;-1/t19-,23?;19-;;;/m00.../s1. The molecule has 2 aliphatic heterocycles. The summed E-state index contributed by atoms with van der Waals surface area (Å²) in [5, 5.41) is 10.7. The minimum Gasteiger partial charge on any atom is -1.00 e. The van der Waals surface area contributed by atoms with E-state index in [0.717, 1.165) is 54.0 Å². The minimum absolute atomic E-state index is 0. The van der Waals surface area contributed by atoms with Crippen LogP contribution in [-0.4, -0.2) is 79.5 Å². The second-order valence-electron chi connectivity index (χ2n) is 15.0. The predicted octanol–water partition coefficient (Wildman–Crippen LogP) is 3.34. The number of anilines is 2. The summed E-state index contributed by atoms with van der Waals surface area (Å²) in [7, 11) is 0. The third kappa shape index (κ3) is 11.7. The van der Waals surface area contributed by atoms with Gasteiger partial charge in [-0.25, -0.2) is 9.97 Å². The first kappa shape index (κ1) is 47.1. The molecule has 4 heterocycles. The maximum atomic E-state index is 12.7. The van der Waals surface area contributed by atoms with Crippen LogP contribution >= 0.6 is 0 Å². The van der Waals surface area contributed by atoms with Crippen molar-refractivity contribution >= 4 is 37.4 Å². The SMILES string of the molecule is Cc1ccc(O[C@H]2CCN(c3ccc(C(=O)c4ccccc4)cc3C(N)=O)C2)nc1.Cc1ccc(O[C@H]2CCN(c3ccc(C(O)c4ccccc4)cc3C(N)=O)C2)nc1.[B].[H-].[Na+]. The van der Waals surface area contributed by atoms with Crippen LogP contribution in [0.2, 0.25) is 0 Å². The van der Waals surface area contributed by atoms with Crippen LogP contribution in [0.25, 0.3) is 0 Å². The Bertz CT molecular complexity index is 2450. The number of rotatable bonds is 12. The number of nitrogens with two attached hydrogens (primary N) is 2. The molecule has 311 valence electrons. The van der Waals surface area contributed by atoms with Crippen molar-refractivity contribution in [2.75, 3.05) is 36.0 Å². The molecule has 3 radical (unpaired) electrons. The summed E-state index contributed by atoms with van der Waals surface area (Å²) in [5.41, 5.74) is 18.1. The molecule has 62 heavy (non-hydrogen) atoms. The Morgan fingerprint density at radius 3 is 1.61 bits per heavy atom. The number of benzene rings is 4. The monoisotopic (exact) mass is 839 g/mol. The van der Waals surface area contributed by atoms with Crippen LogP contribution in [0, 0.1) is 13.8 Å². The Labute approximate surface area is 387 Å². The van der Waals surface area contributed by atoms with Gasteiger partial charge in [-0.2, -0.15) is 0 Å². The fraction of sp³-hybridized carbons (Fsp3) is 0.229. The number of aliphatic hydroxyl groups is 1. The van der Waals surface area contributed by atoms with Crippen molar-refractivity contribution in [3.63, 3.8) is 0 Å². The van der Waals surface area contributed by atoms with Crippen molar-refractivity contribution in [2.45, 2.75) is 45.0 Å². The van der Waals surface area contributed by atoms with E-state index in [-0.39, 0.29) is 57.4 Å². The molecule has 2 fully saturated rings. The Morgan fingerprint density at radius 1 is 0.645 bits per heavy atom. The molecule has 2 amide bonds. The van der Waals surface area contributed by atoms with E-state index in [1.165, 1.54) is 0 Å². The third-order valence-corrected chi connectivity index (χ3v) is 10.6. The van der Waals surface area contributed by atoms with Crippen molar-refractivity contribution in [1.82, 2.24) is 9.97 Å².